The third-order valence-corrected chi connectivity index (χ3v) is 8.27. The molecule has 11 unspecified atom stereocenters. The van der Waals surface area contributed by atoms with Crippen LogP contribution in [0.25, 0.3) is 0 Å². The van der Waals surface area contributed by atoms with Gasteiger partial charge in [0.05, 0.1) is 12.2 Å². The molecule has 0 aromatic rings. The number of thiol groups is 1. The zero-order valence-corrected chi connectivity index (χ0v) is 10.9. The summed E-state index contributed by atoms with van der Waals surface area (Å²) in [7, 11) is 0. The van der Waals surface area contributed by atoms with E-state index in [9.17, 15) is 0 Å². The Morgan fingerprint density at radius 2 is 1.65 bits per heavy atom. The molecule has 0 aromatic carbocycles. The number of fused-ring (bicyclic) bond motifs is 14. The van der Waals surface area contributed by atoms with Crippen molar-refractivity contribution in [3.63, 3.8) is 0 Å². The smallest absolute Gasteiger partial charge is 0.0875 e. The van der Waals surface area contributed by atoms with E-state index in [0.29, 0.717) is 6.10 Å². The van der Waals surface area contributed by atoms with Crippen LogP contribution in [0.1, 0.15) is 25.7 Å². The quantitative estimate of drug-likeness (QED) is 0.395. The maximum Gasteiger partial charge on any atom is 0.0875 e. The second-order valence-corrected chi connectivity index (χ2v) is 8.46. The predicted octanol–water partition coefficient (Wildman–Crippen LogP) is 2.61. The summed E-state index contributed by atoms with van der Waals surface area (Å²) in [6, 6.07) is 0. The molecule has 0 N–H and O–H groups in total. The summed E-state index contributed by atoms with van der Waals surface area (Å²) < 4.78 is 5.85. The molecule has 6 fully saturated rings. The Kier molecular flexibility index (Phi) is 1.42. The molecule has 0 aromatic heterocycles. The topological polar surface area (TPSA) is 12.5 Å². The van der Waals surface area contributed by atoms with Gasteiger partial charge in [-0.05, 0) is 73.0 Å². The highest BCUT2D eigenvalue weighted by Gasteiger charge is 2.73. The predicted molar refractivity (Wildman–Crippen MR) is 67.8 cm³/mol. The Hall–Kier alpha value is 0.310. The average molecular weight is 248 g/mol. The molecule has 1 aliphatic heterocycles. The first kappa shape index (κ1) is 9.25. The van der Waals surface area contributed by atoms with Crippen molar-refractivity contribution in [3.8, 4) is 0 Å². The first-order chi connectivity index (χ1) is 8.33. The summed E-state index contributed by atoms with van der Waals surface area (Å²) in [5.74, 6) is 8.51. The highest BCUT2D eigenvalue weighted by atomic mass is 32.1. The van der Waals surface area contributed by atoms with Crippen LogP contribution in [0.3, 0.4) is 0 Å². The van der Waals surface area contributed by atoms with E-state index in [1.807, 2.05) is 0 Å². The van der Waals surface area contributed by atoms with Crippen molar-refractivity contribution in [2.24, 2.45) is 47.3 Å². The Morgan fingerprint density at radius 1 is 0.765 bits per heavy atom. The lowest BCUT2D eigenvalue weighted by Crippen LogP contribution is -2.40. The second-order valence-electron chi connectivity index (χ2n) is 7.80. The van der Waals surface area contributed by atoms with E-state index in [1.54, 1.807) is 6.42 Å². The highest BCUT2D eigenvalue weighted by molar-refractivity contribution is 7.81. The number of epoxide rings is 1. The molecule has 0 radical (unpaired) electrons. The monoisotopic (exact) mass is 248 g/mol. The van der Waals surface area contributed by atoms with Gasteiger partial charge in [0.15, 0.2) is 0 Å². The fourth-order valence-corrected chi connectivity index (χ4v) is 8.12. The van der Waals surface area contributed by atoms with Crippen LogP contribution in [0.5, 0.6) is 0 Å². The third-order valence-electron chi connectivity index (χ3n) is 7.67. The lowest BCUT2D eigenvalue weighted by atomic mass is 9.64. The van der Waals surface area contributed by atoms with Gasteiger partial charge in [-0.15, -0.1) is 0 Å². The van der Waals surface area contributed by atoms with E-state index in [0.717, 1.165) is 58.7 Å². The highest BCUT2D eigenvalue weighted by Crippen LogP contribution is 2.75. The molecular formula is C15H20OS. The second kappa shape index (κ2) is 2.60. The van der Waals surface area contributed by atoms with Gasteiger partial charge in [-0.2, -0.15) is 12.6 Å². The molecule has 0 amide bonds. The van der Waals surface area contributed by atoms with Crippen molar-refractivity contribution >= 4 is 12.6 Å². The minimum Gasteiger partial charge on any atom is -0.369 e. The summed E-state index contributed by atoms with van der Waals surface area (Å²) in [4.78, 5) is 0. The van der Waals surface area contributed by atoms with Gasteiger partial charge < -0.3 is 4.74 Å². The summed E-state index contributed by atoms with van der Waals surface area (Å²) >= 11 is 4.87. The van der Waals surface area contributed by atoms with Gasteiger partial charge in [-0.3, -0.25) is 0 Å². The van der Waals surface area contributed by atoms with Crippen LogP contribution in [0.4, 0.5) is 0 Å². The fraction of sp³-hybridized carbons (Fsp3) is 1.00. The van der Waals surface area contributed by atoms with Gasteiger partial charge in [-0.25, -0.2) is 0 Å². The molecule has 17 heavy (non-hydrogen) atoms. The molecular weight excluding hydrogens is 228 g/mol. The van der Waals surface area contributed by atoms with Crippen molar-refractivity contribution < 1.29 is 4.74 Å². The van der Waals surface area contributed by atoms with E-state index in [1.165, 1.54) is 19.3 Å². The maximum absolute atomic E-state index is 5.85. The van der Waals surface area contributed by atoms with Gasteiger partial charge in [0.25, 0.3) is 0 Å². The minimum absolute atomic E-state index is 0.707. The van der Waals surface area contributed by atoms with E-state index in [2.05, 4.69) is 0 Å². The zero-order chi connectivity index (χ0) is 10.9. The lowest BCUT2D eigenvalue weighted by Gasteiger charge is -2.43. The Labute approximate surface area is 108 Å². The van der Waals surface area contributed by atoms with Gasteiger partial charge in [0.2, 0.25) is 0 Å². The van der Waals surface area contributed by atoms with Crippen LogP contribution < -0.4 is 0 Å². The Bertz CT molecular complexity index is 410. The molecule has 6 rings (SSSR count). The van der Waals surface area contributed by atoms with Crippen molar-refractivity contribution in [3.05, 3.63) is 0 Å². The van der Waals surface area contributed by atoms with E-state index in [4.69, 9.17) is 17.4 Å². The van der Waals surface area contributed by atoms with Gasteiger partial charge in [0.1, 0.15) is 0 Å². The first-order valence-corrected chi connectivity index (χ1v) is 8.18. The summed E-state index contributed by atoms with van der Waals surface area (Å²) in [5, 5.41) is 0.756. The lowest BCUT2D eigenvalue weighted by molar-refractivity contribution is 0.0387. The number of ether oxygens (including phenoxy) is 1. The van der Waals surface area contributed by atoms with Gasteiger partial charge >= 0.3 is 0 Å². The van der Waals surface area contributed by atoms with E-state index in [-0.39, 0.29) is 0 Å². The van der Waals surface area contributed by atoms with Gasteiger partial charge in [0, 0.05) is 5.25 Å². The molecule has 5 aliphatic carbocycles. The Balaban J connectivity index is 1.45. The molecule has 1 heterocycles. The average Bonchev–Trinajstić information content (AvgIpc) is 2.78. The molecule has 92 valence electrons. The molecule has 2 heteroatoms. The zero-order valence-electron chi connectivity index (χ0n) is 10.0. The van der Waals surface area contributed by atoms with Crippen molar-refractivity contribution in [1.29, 1.82) is 0 Å². The molecule has 11 atom stereocenters. The number of hydrogen-bond donors (Lipinski definition) is 1. The van der Waals surface area contributed by atoms with Crippen LogP contribution in [-0.2, 0) is 4.74 Å². The summed E-state index contributed by atoms with van der Waals surface area (Å²) in [6.45, 7) is 0. The largest absolute Gasteiger partial charge is 0.369 e. The molecule has 5 saturated carbocycles. The molecule has 4 bridgehead atoms. The number of rotatable bonds is 0. The standard InChI is InChI=1S/C15H20OS/c17-11-2-5-1-8(11)13-6-3-9(12(5)13)14-7(6)4-10-15(14)16-10/h5-15,17H,1-4H2. The van der Waals surface area contributed by atoms with Crippen molar-refractivity contribution in [2.75, 3.05) is 0 Å². The molecule has 0 spiro atoms. The first-order valence-electron chi connectivity index (χ1n) is 7.66. The van der Waals surface area contributed by atoms with Crippen LogP contribution in [0.2, 0.25) is 0 Å². The maximum atomic E-state index is 5.85. The van der Waals surface area contributed by atoms with Crippen LogP contribution in [0.15, 0.2) is 0 Å². The van der Waals surface area contributed by atoms with Gasteiger partial charge in [-0.1, -0.05) is 0 Å². The van der Waals surface area contributed by atoms with Crippen LogP contribution >= 0.6 is 12.6 Å². The fourth-order valence-electron chi connectivity index (χ4n) is 7.53. The normalized spacial score (nSPS) is 77.1. The van der Waals surface area contributed by atoms with E-state index < -0.39 is 0 Å². The van der Waals surface area contributed by atoms with E-state index >= 15 is 0 Å². The van der Waals surface area contributed by atoms with Crippen LogP contribution in [0, 0.1) is 47.3 Å². The third kappa shape index (κ3) is 0.860. The SMILES string of the molecule is SC1CC2CC1C1C3CC(C4C3CC3OC34)C21. The van der Waals surface area contributed by atoms with Crippen molar-refractivity contribution in [1.82, 2.24) is 0 Å². The molecule has 6 aliphatic rings. The molecule has 1 saturated heterocycles. The minimum atomic E-state index is 0.707. The molecule has 1 nitrogen and oxygen atoms in total. The Morgan fingerprint density at radius 3 is 2.59 bits per heavy atom. The van der Waals surface area contributed by atoms with Crippen LogP contribution in [-0.4, -0.2) is 17.5 Å². The number of hydrogen-bond acceptors (Lipinski definition) is 2. The van der Waals surface area contributed by atoms with Crippen molar-refractivity contribution in [2.45, 2.75) is 43.1 Å². The summed E-state index contributed by atoms with van der Waals surface area (Å²) in [5.41, 5.74) is 0. The summed E-state index contributed by atoms with van der Waals surface area (Å²) in [6.07, 6.45) is 7.40.